The van der Waals surface area contributed by atoms with Crippen molar-refractivity contribution in [1.29, 1.82) is 5.26 Å². The number of rotatable bonds is 5. The Morgan fingerprint density at radius 3 is 3.10 bits per heavy atom. The van der Waals surface area contributed by atoms with E-state index in [0.29, 0.717) is 12.2 Å². The second-order valence-electron chi connectivity index (χ2n) is 4.68. The van der Waals surface area contributed by atoms with Crippen LogP contribution in [0.5, 0.6) is 0 Å². The van der Waals surface area contributed by atoms with Crippen molar-refractivity contribution < 1.29 is 9.47 Å². The molecule has 3 nitrogen and oxygen atoms in total. The highest BCUT2D eigenvalue weighted by molar-refractivity contribution is 9.10. The molecule has 0 N–H and O–H groups in total. The van der Waals surface area contributed by atoms with E-state index >= 15 is 0 Å². The highest BCUT2D eigenvalue weighted by Gasteiger charge is 2.12. The van der Waals surface area contributed by atoms with Gasteiger partial charge in [0.15, 0.2) is 6.29 Å². The molecule has 1 fully saturated rings. The Morgan fingerprint density at radius 2 is 2.35 bits per heavy atom. The van der Waals surface area contributed by atoms with E-state index < -0.39 is 0 Å². The fraction of sp³-hybridized carbons (Fsp3) is 0.438. The third-order valence-electron chi connectivity index (χ3n) is 3.17. The second-order valence-corrected chi connectivity index (χ2v) is 5.47. The van der Waals surface area contributed by atoms with Crippen molar-refractivity contribution in [2.75, 3.05) is 13.2 Å². The van der Waals surface area contributed by atoms with Crippen molar-refractivity contribution in [1.82, 2.24) is 0 Å². The number of halogens is 1. The average molecular weight is 336 g/mol. The molecule has 1 atom stereocenters. The van der Waals surface area contributed by atoms with Crippen molar-refractivity contribution in [2.45, 2.75) is 32.0 Å². The zero-order valence-electron chi connectivity index (χ0n) is 11.3. The molecule has 0 saturated carbocycles. The van der Waals surface area contributed by atoms with E-state index in [0.717, 1.165) is 35.9 Å². The SMILES string of the molecule is N#Cc1cccc(C=CCCOC2CCCCO2)c1Br. The van der Waals surface area contributed by atoms with Crippen LogP contribution in [0.1, 0.15) is 36.8 Å². The van der Waals surface area contributed by atoms with Crippen molar-refractivity contribution >= 4 is 22.0 Å². The van der Waals surface area contributed by atoms with Gasteiger partial charge in [-0.15, -0.1) is 0 Å². The normalized spacial score (nSPS) is 19.1. The quantitative estimate of drug-likeness (QED) is 0.754. The molecule has 106 valence electrons. The van der Waals surface area contributed by atoms with Gasteiger partial charge in [-0.1, -0.05) is 24.3 Å². The van der Waals surface area contributed by atoms with E-state index in [1.807, 2.05) is 18.2 Å². The molecule has 1 saturated heterocycles. The predicted octanol–water partition coefficient (Wildman–Crippen LogP) is 4.27. The zero-order chi connectivity index (χ0) is 14.2. The Labute approximate surface area is 128 Å². The van der Waals surface area contributed by atoms with Crippen LogP contribution >= 0.6 is 15.9 Å². The molecular formula is C16H18BrNO2. The molecule has 1 heterocycles. The van der Waals surface area contributed by atoms with Crippen LogP contribution < -0.4 is 0 Å². The number of benzene rings is 1. The number of nitrogens with zero attached hydrogens (tertiary/aromatic N) is 1. The fourth-order valence-corrected chi connectivity index (χ4v) is 2.57. The van der Waals surface area contributed by atoms with E-state index in [-0.39, 0.29) is 6.29 Å². The average Bonchev–Trinajstić information content (AvgIpc) is 2.49. The number of hydrogen-bond acceptors (Lipinski definition) is 3. The lowest BCUT2D eigenvalue weighted by molar-refractivity contribution is -0.161. The van der Waals surface area contributed by atoms with Crippen LogP contribution in [0.15, 0.2) is 28.7 Å². The summed E-state index contributed by atoms with van der Waals surface area (Å²) in [5.74, 6) is 0. The molecule has 1 aliphatic heterocycles. The molecule has 0 spiro atoms. The van der Waals surface area contributed by atoms with Gasteiger partial charge in [-0.2, -0.15) is 5.26 Å². The summed E-state index contributed by atoms with van der Waals surface area (Å²) >= 11 is 3.45. The molecule has 0 bridgehead atoms. The van der Waals surface area contributed by atoms with E-state index in [9.17, 15) is 0 Å². The molecular weight excluding hydrogens is 318 g/mol. The predicted molar refractivity (Wildman–Crippen MR) is 82.1 cm³/mol. The maximum atomic E-state index is 8.96. The fourth-order valence-electron chi connectivity index (χ4n) is 2.09. The Balaban J connectivity index is 1.77. The molecule has 4 heteroatoms. The summed E-state index contributed by atoms with van der Waals surface area (Å²) in [6.45, 7) is 1.48. The molecule has 20 heavy (non-hydrogen) atoms. The van der Waals surface area contributed by atoms with Crippen molar-refractivity contribution in [3.05, 3.63) is 39.9 Å². The molecule has 1 aromatic carbocycles. The maximum absolute atomic E-state index is 8.96. The van der Waals surface area contributed by atoms with Crippen molar-refractivity contribution in [3.63, 3.8) is 0 Å². The van der Waals surface area contributed by atoms with Gasteiger partial charge in [-0.25, -0.2) is 0 Å². The van der Waals surface area contributed by atoms with Gasteiger partial charge in [-0.3, -0.25) is 0 Å². The summed E-state index contributed by atoms with van der Waals surface area (Å²) in [6.07, 6.45) is 8.21. The van der Waals surface area contributed by atoms with Crippen LogP contribution in [0.4, 0.5) is 0 Å². The van der Waals surface area contributed by atoms with Gasteiger partial charge < -0.3 is 9.47 Å². The summed E-state index contributed by atoms with van der Waals surface area (Å²) in [7, 11) is 0. The number of nitriles is 1. The minimum Gasteiger partial charge on any atom is -0.353 e. The van der Waals surface area contributed by atoms with Gasteiger partial charge in [0.25, 0.3) is 0 Å². The molecule has 0 aliphatic carbocycles. The van der Waals surface area contributed by atoms with Crippen LogP contribution in [-0.4, -0.2) is 19.5 Å². The lowest BCUT2D eigenvalue weighted by atomic mass is 10.1. The summed E-state index contributed by atoms with van der Waals surface area (Å²) in [4.78, 5) is 0. The minimum atomic E-state index is -0.0224. The Bertz CT molecular complexity index is 502. The van der Waals surface area contributed by atoms with Gasteiger partial charge in [0, 0.05) is 11.1 Å². The molecule has 1 unspecified atom stereocenters. The lowest BCUT2D eigenvalue weighted by Gasteiger charge is -2.22. The standard InChI is InChI=1S/C16H18BrNO2/c17-16-13(7-5-8-14(16)12-18)6-1-3-10-19-15-9-2-4-11-20-15/h1,5-8,15H,2-4,9-11H2. The van der Waals surface area contributed by atoms with Crippen molar-refractivity contribution in [2.24, 2.45) is 0 Å². The van der Waals surface area contributed by atoms with E-state index in [2.05, 4.69) is 28.1 Å². The van der Waals surface area contributed by atoms with Crippen LogP contribution in [0, 0.1) is 11.3 Å². The first-order chi connectivity index (χ1) is 9.81. The number of hydrogen-bond donors (Lipinski definition) is 0. The first kappa shape index (κ1) is 15.2. The topological polar surface area (TPSA) is 42.2 Å². The van der Waals surface area contributed by atoms with E-state index in [4.69, 9.17) is 14.7 Å². The Hall–Kier alpha value is -1.15. The lowest BCUT2D eigenvalue weighted by Crippen LogP contribution is -2.22. The highest BCUT2D eigenvalue weighted by Crippen LogP contribution is 2.22. The molecule has 1 aliphatic rings. The molecule has 0 radical (unpaired) electrons. The smallest absolute Gasteiger partial charge is 0.157 e. The third-order valence-corrected chi connectivity index (χ3v) is 4.06. The van der Waals surface area contributed by atoms with Gasteiger partial charge in [0.2, 0.25) is 0 Å². The first-order valence-corrected chi connectivity index (χ1v) is 7.69. The van der Waals surface area contributed by atoms with Crippen LogP contribution in [0.2, 0.25) is 0 Å². The zero-order valence-corrected chi connectivity index (χ0v) is 12.9. The van der Waals surface area contributed by atoms with Crippen LogP contribution in [0.25, 0.3) is 6.08 Å². The van der Waals surface area contributed by atoms with E-state index in [1.54, 1.807) is 6.07 Å². The second kappa shape index (κ2) is 8.21. The Kier molecular flexibility index (Phi) is 6.25. The van der Waals surface area contributed by atoms with Gasteiger partial charge in [-0.05, 0) is 53.2 Å². The van der Waals surface area contributed by atoms with Crippen molar-refractivity contribution in [3.8, 4) is 6.07 Å². The minimum absolute atomic E-state index is 0.0224. The highest BCUT2D eigenvalue weighted by atomic mass is 79.9. The van der Waals surface area contributed by atoms with Crippen LogP contribution in [0.3, 0.4) is 0 Å². The van der Waals surface area contributed by atoms with Gasteiger partial charge in [0.05, 0.1) is 12.2 Å². The number of ether oxygens (including phenoxy) is 2. The molecule has 2 rings (SSSR count). The maximum Gasteiger partial charge on any atom is 0.157 e. The van der Waals surface area contributed by atoms with Crippen LogP contribution in [-0.2, 0) is 9.47 Å². The summed E-state index contributed by atoms with van der Waals surface area (Å²) in [5, 5.41) is 8.96. The van der Waals surface area contributed by atoms with Gasteiger partial charge >= 0.3 is 0 Å². The van der Waals surface area contributed by atoms with E-state index in [1.165, 1.54) is 6.42 Å². The molecule has 1 aromatic rings. The monoisotopic (exact) mass is 335 g/mol. The summed E-state index contributed by atoms with van der Waals surface area (Å²) < 4.78 is 12.0. The summed E-state index contributed by atoms with van der Waals surface area (Å²) in [6, 6.07) is 7.82. The molecule has 0 aromatic heterocycles. The third kappa shape index (κ3) is 4.45. The van der Waals surface area contributed by atoms with Gasteiger partial charge in [0.1, 0.15) is 6.07 Å². The largest absolute Gasteiger partial charge is 0.353 e. The first-order valence-electron chi connectivity index (χ1n) is 6.89. The Morgan fingerprint density at radius 1 is 1.45 bits per heavy atom. The molecule has 0 amide bonds. The summed E-state index contributed by atoms with van der Waals surface area (Å²) in [5.41, 5.74) is 1.66.